The number of anilines is 1. The van der Waals surface area contributed by atoms with Gasteiger partial charge in [0.05, 0.1) is 21.9 Å². The average molecular weight is 393 g/mol. The lowest BCUT2D eigenvalue weighted by Gasteiger charge is -2.27. The molecule has 140 valence electrons. The van der Waals surface area contributed by atoms with Crippen LogP contribution in [-0.2, 0) is 10.8 Å². The Morgan fingerprint density at radius 2 is 1.42 bits per heavy atom. The Bertz CT molecular complexity index is 796. The maximum absolute atomic E-state index is 10.8. The van der Waals surface area contributed by atoms with Crippen LogP contribution in [0.2, 0.25) is 10.0 Å². The van der Waals surface area contributed by atoms with Gasteiger partial charge in [-0.25, -0.2) is 0 Å². The lowest BCUT2D eigenvalue weighted by Crippen LogP contribution is -2.17. The molecule has 0 aliphatic rings. The number of hydrogen-bond acceptors (Lipinski definition) is 3. The molecule has 0 fully saturated rings. The first-order valence-electron chi connectivity index (χ1n) is 8.51. The average Bonchev–Trinajstić information content (AvgIpc) is 2.50. The van der Waals surface area contributed by atoms with Crippen LogP contribution in [0.4, 0.5) is 5.69 Å². The maximum Gasteiger partial charge on any atom is 0.123 e. The number of rotatable bonds is 3. The minimum Gasteiger partial charge on any atom is -0.507 e. The Morgan fingerprint density at radius 1 is 0.885 bits per heavy atom. The minimum absolute atomic E-state index is 0.176. The molecule has 5 heteroatoms. The summed E-state index contributed by atoms with van der Waals surface area (Å²) in [6.07, 6.45) is 1.74. The normalized spacial score (nSPS) is 12.6. The predicted octanol–water partition coefficient (Wildman–Crippen LogP) is 6.74. The van der Waals surface area contributed by atoms with Crippen LogP contribution in [0.25, 0.3) is 0 Å². The summed E-state index contributed by atoms with van der Waals surface area (Å²) >= 11 is 11.9. The van der Waals surface area contributed by atoms with Gasteiger partial charge in [-0.3, -0.25) is 5.43 Å². The summed E-state index contributed by atoms with van der Waals surface area (Å²) in [6, 6.07) is 9.20. The van der Waals surface area contributed by atoms with Crippen molar-refractivity contribution in [1.29, 1.82) is 0 Å². The molecule has 0 aliphatic heterocycles. The van der Waals surface area contributed by atoms with Gasteiger partial charge in [-0.15, -0.1) is 0 Å². The van der Waals surface area contributed by atoms with E-state index in [1.54, 1.807) is 18.3 Å². The fourth-order valence-electron chi connectivity index (χ4n) is 2.62. The van der Waals surface area contributed by atoms with Crippen LogP contribution in [0.3, 0.4) is 0 Å². The second-order valence-electron chi connectivity index (χ2n) is 8.46. The van der Waals surface area contributed by atoms with Crippen molar-refractivity contribution in [1.82, 2.24) is 0 Å². The van der Waals surface area contributed by atoms with Crippen molar-refractivity contribution in [3.05, 3.63) is 57.1 Å². The van der Waals surface area contributed by atoms with Gasteiger partial charge < -0.3 is 5.11 Å². The van der Waals surface area contributed by atoms with E-state index in [1.165, 1.54) is 0 Å². The summed E-state index contributed by atoms with van der Waals surface area (Å²) in [7, 11) is 0. The molecule has 0 aromatic heterocycles. The highest BCUT2D eigenvalue weighted by Gasteiger charge is 2.26. The minimum atomic E-state index is -0.176. The van der Waals surface area contributed by atoms with Gasteiger partial charge in [0.25, 0.3) is 0 Å². The Hall–Kier alpha value is -1.71. The zero-order chi connectivity index (χ0) is 19.7. The summed E-state index contributed by atoms with van der Waals surface area (Å²) in [5.41, 5.74) is 6.09. The maximum atomic E-state index is 10.8. The van der Waals surface area contributed by atoms with Gasteiger partial charge in [-0.05, 0) is 46.7 Å². The van der Waals surface area contributed by atoms with E-state index in [4.69, 9.17) is 23.2 Å². The van der Waals surface area contributed by atoms with E-state index in [2.05, 4.69) is 52.1 Å². The lowest BCUT2D eigenvalue weighted by molar-refractivity contribution is 0.423. The molecule has 0 aliphatic carbocycles. The van der Waals surface area contributed by atoms with Gasteiger partial charge in [-0.1, -0.05) is 64.7 Å². The van der Waals surface area contributed by atoms with Crippen molar-refractivity contribution in [2.24, 2.45) is 5.10 Å². The number of halogens is 2. The Morgan fingerprint density at radius 3 is 1.88 bits per heavy atom. The molecule has 0 atom stereocenters. The summed E-state index contributed by atoms with van der Waals surface area (Å²) in [6.45, 7) is 12.5. The molecule has 2 aromatic carbocycles. The molecule has 2 aromatic rings. The molecule has 0 bridgehead atoms. The molecule has 0 spiro atoms. The summed E-state index contributed by atoms with van der Waals surface area (Å²) in [5.74, 6) is 0.361. The van der Waals surface area contributed by atoms with Crippen molar-refractivity contribution in [3.63, 3.8) is 0 Å². The first-order chi connectivity index (χ1) is 11.9. The van der Waals surface area contributed by atoms with Gasteiger partial charge in [-0.2, -0.15) is 5.10 Å². The Kier molecular flexibility index (Phi) is 5.94. The third kappa shape index (κ3) is 4.93. The molecule has 26 heavy (non-hydrogen) atoms. The number of phenolic OH excluding ortho intramolecular Hbond substituents is 1. The van der Waals surface area contributed by atoms with Gasteiger partial charge in [0.15, 0.2) is 0 Å². The standard InChI is InChI=1S/C21H26Cl2N2O/c1-20(2,3)15-9-13(10-16(19(15)26)21(4,5)6)12-24-25-14-7-8-17(22)18(23)11-14/h7-12,25-26H,1-6H3. The van der Waals surface area contributed by atoms with Crippen LogP contribution in [0.1, 0.15) is 58.2 Å². The van der Waals surface area contributed by atoms with Crippen LogP contribution in [-0.4, -0.2) is 11.3 Å². The third-order valence-electron chi connectivity index (χ3n) is 4.08. The molecule has 0 heterocycles. The summed E-state index contributed by atoms with van der Waals surface area (Å²) in [4.78, 5) is 0. The van der Waals surface area contributed by atoms with E-state index in [0.717, 1.165) is 22.4 Å². The highest BCUT2D eigenvalue weighted by molar-refractivity contribution is 6.42. The van der Waals surface area contributed by atoms with Crippen LogP contribution in [0.15, 0.2) is 35.4 Å². The quantitative estimate of drug-likeness (QED) is 0.448. The number of phenols is 1. The van der Waals surface area contributed by atoms with Gasteiger partial charge in [0, 0.05) is 11.1 Å². The molecule has 0 radical (unpaired) electrons. The predicted molar refractivity (Wildman–Crippen MR) is 113 cm³/mol. The number of nitrogens with one attached hydrogen (secondary N) is 1. The van der Waals surface area contributed by atoms with E-state index in [0.29, 0.717) is 15.8 Å². The van der Waals surface area contributed by atoms with Gasteiger partial charge in [0.1, 0.15) is 5.75 Å². The number of hydrogen-bond donors (Lipinski definition) is 2. The summed E-state index contributed by atoms with van der Waals surface area (Å²) < 4.78 is 0. The first kappa shape index (κ1) is 20.6. The SMILES string of the molecule is CC(C)(C)c1cc(C=NNc2ccc(Cl)c(Cl)c2)cc(C(C)(C)C)c1O. The fourth-order valence-corrected chi connectivity index (χ4v) is 2.92. The molecule has 2 rings (SSSR count). The van der Waals surface area contributed by atoms with E-state index in [9.17, 15) is 5.11 Å². The molecule has 2 N–H and O–H groups in total. The largest absolute Gasteiger partial charge is 0.507 e. The van der Waals surface area contributed by atoms with E-state index in [-0.39, 0.29) is 10.8 Å². The zero-order valence-electron chi connectivity index (χ0n) is 16.1. The van der Waals surface area contributed by atoms with E-state index < -0.39 is 0 Å². The molecule has 0 saturated carbocycles. The smallest absolute Gasteiger partial charge is 0.123 e. The van der Waals surface area contributed by atoms with Crippen LogP contribution < -0.4 is 5.43 Å². The molecule has 0 unspecified atom stereocenters. The van der Waals surface area contributed by atoms with Crippen LogP contribution in [0.5, 0.6) is 5.75 Å². The van der Waals surface area contributed by atoms with Gasteiger partial charge >= 0.3 is 0 Å². The number of aromatic hydroxyl groups is 1. The second kappa shape index (κ2) is 7.50. The second-order valence-corrected chi connectivity index (χ2v) is 9.28. The molecular weight excluding hydrogens is 367 g/mol. The lowest BCUT2D eigenvalue weighted by atomic mass is 9.78. The van der Waals surface area contributed by atoms with Crippen LogP contribution >= 0.6 is 23.2 Å². The van der Waals surface area contributed by atoms with Crippen molar-refractivity contribution in [3.8, 4) is 5.75 Å². The number of nitrogens with zero attached hydrogens (tertiary/aromatic N) is 1. The molecule has 3 nitrogen and oxygen atoms in total. The van der Waals surface area contributed by atoms with Gasteiger partial charge in [0.2, 0.25) is 0 Å². The monoisotopic (exact) mass is 392 g/mol. The van der Waals surface area contributed by atoms with Crippen LogP contribution in [0, 0.1) is 0 Å². The highest BCUT2D eigenvalue weighted by atomic mass is 35.5. The zero-order valence-corrected chi connectivity index (χ0v) is 17.6. The topological polar surface area (TPSA) is 44.6 Å². The number of benzene rings is 2. The highest BCUT2D eigenvalue weighted by Crippen LogP contribution is 2.39. The third-order valence-corrected chi connectivity index (χ3v) is 4.81. The first-order valence-corrected chi connectivity index (χ1v) is 9.27. The van der Waals surface area contributed by atoms with Crippen molar-refractivity contribution in [2.75, 3.05) is 5.43 Å². The molecule has 0 amide bonds. The van der Waals surface area contributed by atoms with Crippen molar-refractivity contribution >= 4 is 35.1 Å². The van der Waals surface area contributed by atoms with Crippen molar-refractivity contribution < 1.29 is 5.11 Å². The number of hydrazone groups is 1. The molecular formula is C21H26Cl2N2O. The fraction of sp³-hybridized carbons (Fsp3) is 0.381. The summed E-state index contributed by atoms with van der Waals surface area (Å²) in [5, 5.41) is 16.0. The van der Waals surface area contributed by atoms with Crippen molar-refractivity contribution in [2.45, 2.75) is 52.4 Å². The van der Waals surface area contributed by atoms with E-state index >= 15 is 0 Å². The molecule has 0 saturated heterocycles. The Balaban J connectivity index is 2.37. The Labute approximate surface area is 166 Å². The van der Waals surface area contributed by atoms with E-state index in [1.807, 2.05) is 18.2 Å².